The van der Waals surface area contributed by atoms with Crippen LogP contribution in [0.25, 0.3) is 0 Å². The summed E-state index contributed by atoms with van der Waals surface area (Å²) in [7, 11) is 0. The van der Waals surface area contributed by atoms with Crippen LogP contribution in [0, 0.1) is 12.7 Å². The van der Waals surface area contributed by atoms with Crippen molar-refractivity contribution < 1.29 is 9.13 Å². The molecule has 2 N–H and O–H groups in total. The monoisotopic (exact) mass is 285 g/mol. The molecule has 1 heterocycles. The number of benzene rings is 1. The second kappa shape index (κ2) is 6.69. The summed E-state index contributed by atoms with van der Waals surface area (Å²) in [5, 5.41) is 0.417. The van der Waals surface area contributed by atoms with Crippen molar-refractivity contribution in [2.24, 2.45) is 5.73 Å². The Morgan fingerprint density at radius 2 is 2.26 bits per heavy atom. The van der Waals surface area contributed by atoms with Crippen LogP contribution in [0.15, 0.2) is 12.1 Å². The van der Waals surface area contributed by atoms with Gasteiger partial charge < -0.3 is 10.5 Å². The van der Waals surface area contributed by atoms with E-state index < -0.39 is 0 Å². The highest BCUT2D eigenvalue weighted by Gasteiger charge is 2.18. The molecule has 106 valence electrons. The van der Waals surface area contributed by atoms with E-state index in [0.717, 1.165) is 37.9 Å². The van der Waals surface area contributed by atoms with Crippen molar-refractivity contribution in [2.45, 2.75) is 51.2 Å². The van der Waals surface area contributed by atoms with Gasteiger partial charge in [0.1, 0.15) is 5.82 Å². The van der Waals surface area contributed by atoms with Crippen LogP contribution in [0.2, 0.25) is 5.02 Å². The van der Waals surface area contributed by atoms with Gasteiger partial charge in [0.05, 0.1) is 6.10 Å². The van der Waals surface area contributed by atoms with Crippen molar-refractivity contribution in [3.05, 3.63) is 34.1 Å². The number of halogens is 2. The summed E-state index contributed by atoms with van der Waals surface area (Å²) in [5.74, 6) is -0.281. The Balaban J connectivity index is 1.95. The van der Waals surface area contributed by atoms with E-state index in [1.165, 1.54) is 12.5 Å². The van der Waals surface area contributed by atoms with Crippen LogP contribution in [-0.4, -0.2) is 12.7 Å². The van der Waals surface area contributed by atoms with E-state index in [0.29, 0.717) is 16.7 Å². The lowest BCUT2D eigenvalue weighted by atomic mass is 9.97. The zero-order valence-electron chi connectivity index (χ0n) is 11.3. The van der Waals surface area contributed by atoms with Gasteiger partial charge >= 0.3 is 0 Å². The Kier molecular flexibility index (Phi) is 5.20. The second-order valence-electron chi connectivity index (χ2n) is 5.30. The van der Waals surface area contributed by atoms with Crippen LogP contribution in [0.4, 0.5) is 4.39 Å². The smallest absolute Gasteiger partial charge is 0.127 e. The molecule has 2 atom stereocenters. The summed E-state index contributed by atoms with van der Waals surface area (Å²) >= 11 is 6.07. The third-order valence-electron chi connectivity index (χ3n) is 3.75. The highest BCUT2D eigenvalue weighted by molar-refractivity contribution is 6.31. The normalized spacial score (nSPS) is 21.4. The van der Waals surface area contributed by atoms with E-state index in [1.807, 2.05) is 0 Å². The van der Waals surface area contributed by atoms with Crippen molar-refractivity contribution in [3.63, 3.8) is 0 Å². The lowest BCUT2D eigenvalue weighted by Crippen LogP contribution is -2.21. The molecule has 4 heteroatoms. The minimum Gasteiger partial charge on any atom is -0.378 e. The average Bonchev–Trinajstić information content (AvgIpc) is 2.41. The molecular weight excluding hydrogens is 265 g/mol. The number of aryl methyl sites for hydroxylation is 1. The minimum atomic E-state index is -0.281. The number of ether oxygens (including phenoxy) is 1. The van der Waals surface area contributed by atoms with Gasteiger partial charge in [0.25, 0.3) is 0 Å². The third-order valence-corrected chi connectivity index (χ3v) is 4.08. The highest BCUT2D eigenvalue weighted by Crippen LogP contribution is 2.29. The molecular formula is C15H21ClFNO. The van der Waals surface area contributed by atoms with E-state index >= 15 is 0 Å². The maximum absolute atomic E-state index is 13.4. The van der Waals surface area contributed by atoms with Gasteiger partial charge in [-0.3, -0.25) is 0 Å². The molecule has 2 nitrogen and oxygen atoms in total. The molecule has 19 heavy (non-hydrogen) atoms. The first kappa shape index (κ1) is 14.8. The second-order valence-corrected chi connectivity index (χ2v) is 5.70. The lowest BCUT2D eigenvalue weighted by Gasteiger charge is -2.24. The van der Waals surface area contributed by atoms with Crippen LogP contribution in [0.1, 0.15) is 49.3 Å². The molecule has 1 fully saturated rings. The number of nitrogens with two attached hydrogens (primary N) is 1. The Morgan fingerprint density at radius 3 is 2.95 bits per heavy atom. The molecule has 0 saturated carbocycles. The molecule has 1 aliphatic rings. The summed E-state index contributed by atoms with van der Waals surface area (Å²) in [6.07, 6.45) is 5.58. The van der Waals surface area contributed by atoms with Crippen LogP contribution in [-0.2, 0) is 4.74 Å². The quantitative estimate of drug-likeness (QED) is 0.902. The maximum Gasteiger partial charge on any atom is 0.127 e. The fraction of sp³-hybridized carbons (Fsp3) is 0.600. The van der Waals surface area contributed by atoms with Crippen LogP contribution >= 0.6 is 11.6 Å². The van der Waals surface area contributed by atoms with Crippen molar-refractivity contribution in [1.29, 1.82) is 0 Å². The summed E-state index contributed by atoms with van der Waals surface area (Å²) in [5.41, 5.74) is 7.59. The molecule has 1 saturated heterocycles. The molecule has 1 aromatic carbocycles. The fourth-order valence-electron chi connectivity index (χ4n) is 2.52. The molecule has 0 radical (unpaired) electrons. The predicted molar refractivity (Wildman–Crippen MR) is 75.9 cm³/mol. The zero-order valence-corrected chi connectivity index (χ0v) is 12.0. The van der Waals surface area contributed by atoms with Gasteiger partial charge in [-0.25, -0.2) is 4.39 Å². The van der Waals surface area contributed by atoms with Crippen LogP contribution < -0.4 is 5.73 Å². The number of hydrogen-bond donors (Lipinski definition) is 1. The molecule has 0 amide bonds. The molecule has 2 unspecified atom stereocenters. The van der Waals surface area contributed by atoms with Crippen molar-refractivity contribution >= 4 is 11.6 Å². The van der Waals surface area contributed by atoms with Gasteiger partial charge in [-0.15, -0.1) is 0 Å². The van der Waals surface area contributed by atoms with Gasteiger partial charge in [-0.2, -0.15) is 0 Å². The van der Waals surface area contributed by atoms with Gasteiger partial charge in [0.15, 0.2) is 0 Å². The van der Waals surface area contributed by atoms with Crippen LogP contribution in [0.5, 0.6) is 0 Å². The highest BCUT2D eigenvalue weighted by atomic mass is 35.5. The summed E-state index contributed by atoms with van der Waals surface area (Å²) in [4.78, 5) is 0. The molecule has 0 aliphatic carbocycles. The molecule has 0 aromatic heterocycles. The molecule has 0 spiro atoms. The average molecular weight is 286 g/mol. The zero-order chi connectivity index (χ0) is 13.8. The topological polar surface area (TPSA) is 35.2 Å². The van der Waals surface area contributed by atoms with E-state index in [-0.39, 0.29) is 11.9 Å². The van der Waals surface area contributed by atoms with E-state index in [2.05, 4.69) is 0 Å². The van der Waals surface area contributed by atoms with Crippen LogP contribution in [0.3, 0.4) is 0 Å². The minimum absolute atomic E-state index is 0.155. The third kappa shape index (κ3) is 3.91. The van der Waals surface area contributed by atoms with Gasteiger partial charge in [0, 0.05) is 17.7 Å². The molecule has 1 aliphatic heterocycles. The van der Waals surface area contributed by atoms with Crippen molar-refractivity contribution in [1.82, 2.24) is 0 Å². The Bertz CT molecular complexity index is 432. The van der Waals surface area contributed by atoms with E-state index in [4.69, 9.17) is 22.1 Å². The molecule has 0 bridgehead atoms. The van der Waals surface area contributed by atoms with E-state index in [9.17, 15) is 4.39 Å². The van der Waals surface area contributed by atoms with Gasteiger partial charge in [-0.05, 0) is 56.2 Å². The maximum atomic E-state index is 13.4. The molecule has 2 rings (SSSR count). The number of hydrogen-bond acceptors (Lipinski definition) is 2. The largest absolute Gasteiger partial charge is 0.378 e. The Hall–Kier alpha value is -0.640. The first-order chi connectivity index (χ1) is 9.08. The fourth-order valence-corrected chi connectivity index (χ4v) is 2.81. The summed E-state index contributed by atoms with van der Waals surface area (Å²) in [6, 6.07) is 2.95. The first-order valence-corrected chi connectivity index (χ1v) is 7.28. The lowest BCUT2D eigenvalue weighted by molar-refractivity contribution is 0.00912. The predicted octanol–water partition coefficient (Wildman–Crippen LogP) is 4.14. The van der Waals surface area contributed by atoms with Crippen molar-refractivity contribution in [3.8, 4) is 0 Å². The number of rotatable bonds is 4. The van der Waals surface area contributed by atoms with Gasteiger partial charge in [0.2, 0.25) is 0 Å². The SMILES string of the molecule is Cc1cc(C(N)CCC2CCCCO2)c(Cl)cc1F. The summed E-state index contributed by atoms with van der Waals surface area (Å²) in [6.45, 7) is 2.59. The molecule has 1 aromatic rings. The standard InChI is InChI=1S/C15H21ClFNO/c1-10-8-12(13(16)9-14(10)17)15(18)6-5-11-4-2-3-7-19-11/h8-9,11,15H,2-7,18H2,1H3. The Morgan fingerprint density at radius 1 is 1.47 bits per heavy atom. The summed E-state index contributed by atoms with van der Waals surface area (Å²) < 4.78 is 19.0. The van der Waals surface area contributed by atoms with Crippen molar-refractivity contribution in [2.75, 3.05) is 6.61 Å². The van der Waals surface area contributed by atoms with E-state index in [1.54, 1.807) is 13.0 Å². The van der Waals surface area contributed by atoms with Gasteiger partial charge in [-0.1, -0.05) is 17.7 Å². The first-order valence-electron chi connectivity index (χ1n) is 6.90. The Labute approximate surface area is 119 Å².